The van der Waals surface area contributed by atoms with E-state index in [1.165, 1.54) is 12.8 Å². The van der Waals surface area contributed by atoms with E-state index in [9.17, 15) is 4.79 Å². The average Bonchev–Trinajstić information content (AvgIpc) is 2.74. The number of nitrogens with zero attached hydrogens (tertiary/aromatic N) is 1. The molecule has 1 fully saturated rings. The molecule has 2 aliphatic rings. The first kappa shape index (κ1) is 12.6. The van der Waals surface area contributed by atoms with Crippen molar-refractivity contribution in [2.45, 2.75) is 51.1 Å². The quantitative estimate of drug-likeness (QED) is 0.745. The van der Waals surface area contributed by atoms with E-state index in [2.05, 4.69) is 6.92 Å². The monoisotopic (exact) mass is 236 g/mol. The molecule has 0 spiro atoms. The van der Waals surface area contributed by atoms with Crippen LogP contribution in [-0.4, -0.2) is 29.9 Å². The van der Waals surface area contributed by atoms with Gasteiger partial charge in [0.05, 0.1) is 5.92 Å². The molecule has 2 N–H and O–H groups in total. The normalized spacial score (nSPS) is 37.1. The minimum Gasteiger partial charge on any atom is -0.342 e. The molecule has 4 atom stereocenters. The van der Waals surface area contributed by atoms with Crippen LogP contribution in [0, 0.1) is 11.8 Å². The van der Waals surface area contributed by atoms with Crippen molar-refractivity contribution in [1.29, 1.82) is 0 Å². The molecule has 2 rings (SSSR count). The van der Waals surface area contributed by atoms with Gasteiger partial charge in [0.1, 0.15) is 0 Å². The Morgan fingerprint density at radius 1 is 1.29 bits per heavy atom. The summed E-state index contributed by atoms with van der Waals surface area (Å²) in [6, 6.07) is 0.513. The number of carbonyl (C=O) groups excluding carboxylic acids is 1. The van der Waals surface area contributed by atoms with Crippen molar-refractivity contribution in [3.05, 3.63) is 12.2 Å². The minimum absolute atomic E-state index is 0.0206. The van der Waals surface area contributed by atoms with E-state index in [-0.39, 0.29) is 17.9 Å². The highest BCUT2D eigenvalue weighted by atomic mass is 16.2. The fourth-order valence-corrected chi connectivity index (χ4v) is 3.11. The van der Waals surface area contributed by atoms with Gasteiger partial charge >= 0.3 is 0 Å². The predicted octanol–water partition coefficient (Wildman–Crippen LogP) is 1.93. The zero-order valence-electron chi connectivity index (χ0n) is 10.9. The molecule has 1 amide bonds. The second kappa shape index (κ2) is 5.21. The molecule has 0 aromatic rings. The number of amides is 1. The fourth-order valence-electron chi connectivity index (χ4n) is 3.11. The smallest absolute Gasteiger partial charge is 0.229 e. The van der Waals surface area contributed by atoms with Gasteiger partial charge in [-0.2, -0.15) is 0 Å². The topological polar surface area (TPSA) is 46.3 Å². The third-order valence-corrected chi connectivity index (χ3v) is 4.24. The summed E-state index contributed by atoms with van der Waals surface area (Å²) in [7, 11) is 1.96. The molecule has 0 aromatic carbocycles. The van der Waals surface area contributed by atoms with Crippen molar-refractivity contribution in [3.63, 3.8) is 0 Å². The third-order valence-electron chi connectivity index (χ3n) is 4.24. The van der Waals surface area contributed by atoms with Crippen LogP contribution in [0.15, 0.2) is 12.2 Å². The molecule has 1 saturated carbocycles. The second-order valence-electron chi connectivity index (χ2n) is 5.77. The van der Waals surface area contributed by atoms with Gasteiger partial charge in [0, 0.05) is 19.1 Å². The molecule has 3 nitrogen and oxygen atoms in total. The summed E-state index contributed by atoms with van der Waals surface area (Å²) in [5, 5.41) is 0. The first-order valence-electron chi connectivity index (χ1n) is 6.78. The molecular formula is C14H24N2O. The summed E-state index contributed by atoms with van der Waals surface area (Å²) in [6.07, 6.45) is 9.61. The number of hydrogen-bond acceptors (Lipinski definition) is 2. The Kier molecular flexibility index (Phi) is 3.87. The van der Waals surface area contributed by atoms with Gasteiger partial charge in [0.25, 0.3) is 0 Å². The Balaban J connectivity index is 1.92. The molecule has 4 unspecified atom stereocenters. The third kappa shape index (κ3) is 2.89. The Morgan fingerprint density at radius 3 is 2.65 bits per heavy atom. The highest BCUT2D eigenvalue weighted by molar-refractivity contribution is 5.81. The van der Waals surface area contributed by atoms with Crippen LogP contribution in [0.2, 0.25) is 0 Å². The molecule has 2 aliphatic carbocycles. The minimum atomic E-state index is 0.0206. The van der Waals surface area contributed by atoms with Gasteiger partial charge in [-0.15, -0.1) is 0 Å². The van der Waals surface area contributed by atoms with E-state index in [4.69, 9.17) is 5.73 Å². The van der Waals surface area contributed by atoms with Crippen LogP contribution in [0.5, 0.6) is 0 Å². The summed E-state index contributed by atoms with van der Waals surface area (Å²) in [6.45, 7) is 2.29. The highest BCUT2D eigenvalue weighted by Gasteiger charge is 2.30. The summed E-state index contributed by atoms with van der Waals surface area (Å²) in [5.74, 6) is 1.03. The van der Waals surface area contributed by atoms with E-state index in [1.807, 2.05) is 24.1 Å². The number of nitrogens with two attached hydrogens (primary N) is 1. The molecule has 17 heavy (non-hydrogen) atoms. The van der Waals surface area contributed by atoms with Crippen LogP contribution < -0.4 is 5.73 Å². The van der Waals surface area contributed by atoms with Gasteiger partial charge < -0.3 is 10.6 Å². The second-order valence-corrected chi connectivity index (χ2v) is 5.77. The van der Waals surface area contributed by atoms with Crippen molar-refractivity contribution in [2.75, 3.05) is 7.05 Å². The summed E-state index contributed by atoms with van der Waals surface area (Å²) in [4.78, 5) is 14.3. The summed E-state index contributed by atoms with van der Waals surface area (Å²) < 4.78 is 0. The Labute approximate surface area is 104 Å². The lowest BCUT2D eigenvalue weighted by Gasteiger charge is -2.35. The van der Waals surface area contributed by atoms with Crippen LogP contribution in [0.1, 0.15) is 39.0 Å². The van der Waals surface area contributed by atoms with Gasteiger partial charge in [0.2, 0.25) is 5.91 Å². The zero-order chi connectivity index (χ0) is 12.4. The Hall–Kier alpha value is -0.830. The molecular weight excluding hydrogens is 212 g/mol. The lowest BCUT2D eigenvalue weighted by atomic mass is 9.86. The fraction of sp³-hybridized carbons (Fsp3) is 0.786. The molecule has 0 saturated heterocycles. The molecule has 96 valence electrons. The molecule has 0 radical (unpaired) electrons. The van der Waals surface area contributed by atoms with Crippen LogP contribution in [0.25, 0.3) is 0 Å². The van der Waals surface area contributed by atoms with E-state index < -0.39 is 0 Å². The summed E-state index contributed by atoms with van der Waals surface area (Å²) in [5.41, 5.74) is 5.81. The van der Waals surface area contributed by atoms with Crippen molar-refractivity contribution >= 4 is 5.91 Å². The maximum absolute atomic E-state index is 12.3. The van der Waals surface area contributed by atoms with Gasteiger partial charge in [0.15, 0.2) is 0 Å². The maximum Gasteiger partial charge on any atom is 0.229 e. The van der Waals surface area contributed by atoms with Crippen LogP contribution in [0.4, 0.5) is 0 Å². The van der Waals surface area contributed by atoms with E-state index in [0.29, 0.717) is 6.04 Å². The van der Waals surface area contributed by atoms with Crippen LogP contribution in [-0.2, 0) is 4.79 Å². The molecule has 0 aliphatic heterocycles. The van der Waals surface area contributed by atoms with Crippen molar-refractivity contribution in [1.82, 2.24) is 4.90 Å². The average molecular weight is 236 g/mol. The Morgan fingerprint density at radius 2 is 2.06 bits per heavy atom. The van der Waals surface area contributed by atoms with Gasteiger partial charge in [-0.3, -0.25) is 4.79 Å². The van der Waals surface area contributed by atoms with Crippen molar-refractivity contribution in [3.8, 4) is 0 Å². The van der Waals surface area contributed by atoms with Crippen molar-refractivity contribution in [2.24, 2.45) is 17.6 Å². The number of carbonyl (C=O) groups is 1. The maximum atomic E-state index is 12.3. The molecule has 0 aromatic heterocycles. The summed E-state index contributed by atoms with van der Waals surface area (Å²) >= 11 is 0. The highest BCUT2D eigenvalue weighted by Crippen LogP contribution is 2.28. The van der Waals surface area contributed by atoms with Crippen LogP contribution in [0.3, 0.4) is 0 Å². The number of hydrogen-bond donors (Lipinski definition) is 1. The SMILES string of the molecule is CC1CCCC(N(C)C(=O)C2C=CC(N)C2)C1. The van der Waals surface area contributed by atoms with E-state index >= 15 is 0 Å². The standard InChI is InChI=1S/C14H24N2O/c1-10-4-3-5-13(8-10)16(2)14(17)11-6-7-12(15)9-11/h6-7,10-13H,3-5,8-9,15H2,1-2H3. The van der Waals surface area contributed by atoms with Crippen molar-refractivity contribution < 1.29 is 4.79 Å². The molecule has 3 heteroatoms. The van der Waals surface area contributed by atoms with E-state index in [0.717, 1.165) is 25.2 Å². The largest absolute Gasteiger partial charge is 0.342 e. The predicted molar refractivity (Wildman–Crippen MR) is 69.4 cm³/mol. The molecule has 0 bridgehead atoms. The first-order chi connectivity index (χ1) is 8.08. The Bertz CT molecular complexity index is 313. The van der Waals surface area contributed by atoms with E-state index in [1.54, 1.807) is 0 Å². The van der Waals surface area contributed by atoms with Gasteiger partial charge in [-0.25, -0.2) is 0 Å². The number of rotatable bonds is 2. The lowest BCUT2D eigenvalue weighted by molar-refractivity contribution is -0.135. The van der Waals surface area contributed by atoms with Gasteiger partial charge in [-0.1, -0.05) is 31.9 Å². The van der Waals surface area contributed by atoms with Crippen LogP contribution >= 0.6 is 0 Å². The van der Waals surface area contributed by atoms with Gasteiger partial charge in [-0.05, 0) is 25.2 Å². The molecule has 0 heterocycles. The lowest BCUT2D eigenvalue weighted by Crippen LogP contribution is -2.42. The zero-order valence-corrected chi connectivity index (χ0v) is 10.9. The first-order valence-corrected chi connectivity index (χ1v) is 6.78.